The Kier molecular flexibility index (Phi) is 6.21. The maximum atomic E-state index is 12.8. The Bertz CT molecular complexity index is 1280. The maximum absolute atomic E-state index is 12.8. The van der Waals surface area contributed by atoms with Crippen molar-refractivity contribution in [3.63, 3.8) is 0 Å². The van der Waals surface area contributed by atoms with E-state index < -0.39 is 17.7 Å². The highest BCUT2D eigenvalue weighted by atomic mass is 16.2. The molecule has 3 amide bonds. The van der Waals surface area contributed by atoms with Gasteiger partial charge in [0.15, 0.2) is 5.69 Å². The fourth-order valence-corrected chi connectivity index (χ4v) is 3.94. The maximum Gasteiger partial charge on any atom is 0.290 e. The summed E-state index contributed by atoms with van der Waals surface area (Å²) in [6.45, 7) is 4.34. The van der Waals surface area contributed by atoms with Gasteiger partial charge in [0.2, 0.25) is 11.8 Å². The van der Waals surface area contributed by atoms with Gasteiger partial charge in [0, 0.05) is 30.6 Å². The lowest BCUT2D eigenvalue weighted by Crippen LogP contribution is -2.46. The fraction of sp³-hybridized carbons (Fsp3) is 0.292. The largest absolute Gasteiger partial charge is 0.312 e. The standard InChI is InChI=1S/C24H25N5O4/c1-3-15-9-11-17(12-10-15)28-14-16(13-20(28)30)22(31)25-26-23(32)21-18-7-5-6-8-19(18)24(33)29(4-2)27-21/h5-12,16H,3-4,13-14H2,1-2H3,(H,25,31)(H,26,32). The highest BCUT2D eigenvalue weighted by Crippen LogP contribution is 2.25. The molecule has 2 N–H and O–H groups in total. The first-order valence-electron chi connectivity index (χ1n) is 10.9. The van der Waals surface area contributed by atoms with Crippen molar-refractivity contribution in [1.82, 2.24) is 20.6 Å². The van der Waals surface area contributed by atoms with Crippen molar-refractivity contribution in [3.8, 4) is 0 Å². The molecule has 1 aromatic heterocycles. The number of nitrogens with one attached hydrogen (secondary N) is 2. The van der Waals surface area contributed by atoms with Gasteiger partial charge in [-0.05, 0) is 37.1 Å². The minimum absolute atomic E-state index is 0.0347. The lowest BCUT2D eigenvalue weighted by molar-refractivity contribution is -0.126. The number of aryl methyl sites for hydroxylation is 2. The molecule has 9 heteroatoms. The van der Waals surface area contributed by atoms with Gasteiger partial charge in [0.25, 0.3) is 11.5 Å². The Morgan fingerprint density at radius 3 is 2.36 bits per heavy atom. The van der Waals surface area contributed by atoms with Gasteiger partial charge in [-0.1, -0.05) is 37.3 Å². The second kappa shape index (κ2) is 9.23. The molecule has 0 radical (unpaired) electrons. The number of nitrogens with zero attached hydrogens (tertiary/aromatic N) is 3. The number of amides is 3. The van der Waals surface area contributed by atoms with Crippen LogP contribution in [0, 0.1) is 5.92 Å². The Morgan fingerprint density at radius 1 is 1.00 bits per heavy atom. The minimum atomic E-state index is -0.641. The van der Waals surface area contributed by atoms with Crippen LogP contribution in [0.4, 0.5) is 5.69 Å². The van der Waals surface area contributed by atoms with Crippen LogP contribution in [-0.2, 0) is 22.6 Å². The molecular formula is C24H25N5O4. The van der Waals surface area contributed by atoms with Crippen LogP contribution in [0.2, 0.25) is 0 Å². The van der Waals surface area contributed by atoms with E-state index >= 15 is 0 Å². The first-order chi connectivity index (χ1) is 15.9. The number of carbonyl (C=O) groups excluding carboxylic acids is 3. The van der Waals surface area contributed by atoms with E-state index in [1.807, 2.05) is 24.3 Å². The predicted molar refractivity (Wildman–Crippen MR) is 124 cm³/mol. The van der Waals surface area contributed by atoms with E-state index in [4.69, 9.17) is 0 Å². The molecule has 1 saturated heterocycles. The average Bonchev–Trinajstić information content (AvgIpc) is 3.24. The fourth-order valence-electron chi connectivity index (χ4n) is 3.94. The monoisotopic (exact) mass is 447 g/mol. The van der Waals surface area contributed by atoms with Crippen LogP contribution in [0.15, 0.2) is 53.3 Å². The lowest BCUT2D eigenvalue weighted by atomic mass is 10.1. The first kappa shape index (κ1) is 22.2. The van der Waals surface area contributed by atoms with Crippen LogP contribution >= 0.6 is 0 Å². The van der Waals surface area contributed by atoms with Crippen molar-refractivity contribution in [2.45, 2.75) is 33.2 Å². The molecule has 4 rings (SSSR count). The molecule has 0 aliphatic carbocycles. The van der Waals surface area contributed by atoms with Gasteiger partial charge in [-0.15, -0.1) is 0 Å². The van der Waals surface area contributed by atoms with Crippen molar-refractivity contribution in [2.24, 2.45) is 5.92 Å². The topological polar surface area (TPSA) is 113 Å². The van der Waals surface area contributed by atoms with E-state index in [0.29, 0.717) is 17.3 Å². The Hall–Kier alpha value is -4.01. The number of carbonyl (C=O) groups is 3. The number of hydrogen-bond donors (Lipinski definition) is 2. The van der Waals surface area contributed by atoms with Crippen LogP contribution in [0.5, 0.6) is 0 Å². The zero-order chi connectivity index (χ0) is 23.5. The Balaban J connectivity index is 1.45. The van der Waals surface area contributed by atoms with Crippen molar-refractivity contribution >= 4 is 34.2 Å². The molecule has 170 valence electrons. The number of aromatic nitrogens is 2. The molecule has 2 aromatic carbocycles. The second-order valence-corrected chi connectivity index (χ2v) is 7.88. The number of rotatable bonds is 5. The van der Waals surface area contributed by atoms with E-state index in [2.05, 4.69) is 22.9 Å². The summed E-state index contributed by atoms with van der Waals surface area (Å²) in [5.74, 6) is -1.85. The molecule has 1 fully saturated rings. The smallest absolute Gasteiger partial charge is 0.290 e. The van der Waals surface area contributed by atoms with Crippen molar-refractivity contribution in [2.75, 3.05) is 11.4 Å². The van der Waals surface area contributed by atoms with Crippen molar-refractivity contribution in [1.29, 1.82) is 0 Å². The summed E-state index contributed by atoms with van der Waals surface area (Å²) in [6.07, 6.45) is 0.956. The third kappa shape index (κ3) is 4.34. The summed E-state index contributed by atoms with van der Waals surface area (Å²) in [4.78, 5) is 52.0. The summed E-state index contributed by atoms with van der Waals surface area (Å²) in [5, 5.41) is 4.92. The van der Waals surface area contributed by atoms with E-state index in [1.165, 1.54) is 4.68 Å². The first-order valence-corrected chi connectivity index (χ1v) is 10.9. The highest BCUT2D eigenvalue weighted by molar-refractivity contribution is 6.05. The van der Waals surface area contributed by atoms with Gasteiger partial charge in [-0.3, -0.25) is 30.0 Å². The van der Waals surface area contributed by atoms with E-state index in [1.54, 1.807) is 36.1 Å². The molecule has 0 saturated carbocycles. The van der Waals surface area contributed by atoms with E-state index in [9.17, 15) is 19.2 Å². The second-order valence-electron chi connectivity index (χ2n) is 7.88. The number of hydrazine groups is 1. The van der Waals surface area contributed by atoms with Crippen molar-refractivity contribution < 1.29 is 14.4 Å². The summed E-state index contributed by atoms with van der Waals surface area (Å²) < 4.78 is 1.20. The molecule has 1 aliphatic rings. The number of hydrogen-bond acceptors (Lipinski definition) is 5. The summed E-state index contributed by atoms with van der Waals surface area (Å²) >= 11 is 0. The summed E-state index contributed by atoms with van der Waals surface area (Å²) in [5.41, 5.74) is 6.44. The van der Waals surface area contributed by atoms with Crippen LogP contribution in [-0.4, -0.2) is 34.0 Å². The van der Waals surface area contributed by atoms with Crippen LogP contribution in [0.1, 0.15) is 36.3 Å². The van der Waals surface area contributed by atoms with Crippen LogP contribution < -0.4 is 21.3 Å². The SMILES string of the molecule is CCc1ccc(N2CC(C(=O)NNC(=O)c3nn(CC)c(=O)c4ccccc34)CC2=O)cc1. The molecule has 0 bridgehead atoms. The molecule has 2 heterocycles. The third-order valence-corrected chi connectivity index (χ3v) is 5.83. The normalized spacial score (nSPS) is 15.6. The number of anilines is 1. The van der Waals surface area contributed by atoms with Gasteiger partial charge >= 0.3 is 0 Å². The van der Waals surface area contributed by atoms with E-state index in [0.717, 1.165) is 17.7 Å². The average molecular weight is 447 g/mol. The van der Waals surface area contributed by atoms with Gasteiger partial charge in [-0.2, -0.15) is 5.10 Å². The third-order valence-electron chi connectivity index (χ3n) is 5.83. The minimum Gasteiger partial charge on any atom is -0.312 e. The Morgan fingerprint density at radius 2 is 1.70 bits per heavy atom. The van der Waals surface area contributed by atoms with Gasteiger partial charge < -0.3 is 4.90 Å². The van der Waals surface area contributed by atoms with Crippen molar-refractivity contribution in [3.05, 3.63) is 70.1 Å². The molecule has 33 heavy (non-hydrogen) atoms. The zero-order valence-electron chi connectivity index (χ0n) is 18.5. The molecule has 1 atom stereocenters. The molecular weight excluding hydrogens is 422 g/mol. The lowest BCUT2D eigenvalue weighted by Gasteiger charge is -2.17. The summed E-state index contributed by atoms with van der Waals surface area (Å²) in [7, 11) is 0. The quantitative estimate of drug-likeness (QED) is 0.579. The number of benzene rings is 2. The van der Waals surface area contributed by atoms with Gasteiger partial charge in [-0.25, -0.2) is 4.68 Å². The van der Waals surface area contributed by atoms with Crippen LogP contribution in [0.3, 0.4) is 0 Å². The molecule has 1 unspecified atom stereocenters. The van der Waals surface area contributed by atoms with Gasteiger partial charge in [0.05, 0.1) is 11.3 Å². The van der Waals surface area contributed by atoms with Gasteiger partial charge in [0.1, 0.15) is 0 Å². The summed E-state index contributed by atoms with van der Waals surface area (Å²) in [6, 6.07) is 14.4. The molecule has 1 aliphatic heterocycles. The Labute approximate surface area is 190 Å². The van der Waals surface area contributed by atoms with Crippen LogP contribution in [0.25, 0.3) is 10.8 Å². The predicted octanol–water partition coefficient (Wildman–Crippen LogP) is 1.79. The molecule has 0 spiro atoms. The molecule has 9 nitrogen and oxygen atoms in total. The highest BCUT2D eigenvalue weighted by Gasteiger charge is 2.35. The number of fused-ring (bicyclic) bond motifs is 1. The zero-order valence-corrected chi connectivity index (χ0v) is 18.5. The van der Waals surface area contributed by atoms with E-state index in [-0.39, 0.29) is 30.1 Å². The molecule has 3 aromatic rings.